The van der Waals surface area contributed by atoms with E-state index in [1.807, 2.05) is 0 Å². The van der Waals surface area contributed by atoms with Gasteiger partial charge in [-0.1, -0.05) is 0 Å². The van der Waals surface area contributed by atoms with Crippen molar-refractivity contribution in [1.82, 2.24) is 4.98 Å². The predicted molar refractivity (Wildman–Crippen MR) is 46.1 cm³/mol. The van der Waals surface area contributed by atoms with E-state index in [1.165, 1.54) is 6.20 Å². The minimum Gasteiger partial charge on any atom is -0.358 e. The molecule has 76 valence electrons. The van der Waals surface area contributed by atoms with Crippen LogP contribution in [0.5, 0.6) is 0 Å². The van der Waals surface area contributed by atoms with Crippen LogP contribution in [0.3, 0.4) is 0 Å². The van der Waals surface area contributed by atoms with Gasteiger partial charge in [-0.3, -0.25) is 0 Å². The lowest BCUT2D eigenvalue weighted by molar-refractivity contribution is -0.140. The topological polar surface area (TPSA) is 24.9 Å². The Bertz CT molecular complexity index is 360. The van der Waals surface area contributed by atoms with E-state index in [4.69, 9.17) is 0 Å². The van der Waals surface area contributed by atoms with Gasteiger partial charge in [0.15, 0.2) is 0 Å². The number of alkyl halides is 3. The normalized spacial score (nSPS) is 20.4. The molecule has 1 aliphatic rings. The highest BCUT2D eigenvalue weighted by atomic mass is 19.4. The van der Waals surface area contributed by atoms with E-state index in [-0.39, 0.29) is 6.42 Å². The van der Waals surface area contributed by atoms with Crippen LogP contribution in [0, 0.1) is 6.92 Å². The molecule has 1 aliphatic heterocycles. The summed E-state index contributed by atoms with van der Waals surface area (Å²) in [4.78, 5) is 3.87. The van der Waals surface area contributed by atoms with Crippen LogP contribution in [0.15, 0.2) is 12.3 Å². The van der Waals surface area contributed by atoms with Gasteiger partial charge in [-0.05, 0) is 24.1 Å². The Morgan fingerprint density at radius 2 is 2.21 bits per heavy atom. The summed E-state index contributed by atoms with van der Waals surface area (Å²) in [5.74, 6) is 0.368. The summed E-state index contributed by atoms with van der Waals surface area (Å²) in [6.45, 7) is 1.79. The molecule has 0 fully saturated rings. The molecule has 14 heavy (non-hydrogen) atoms. The lowest BCUT2D eigenvalue weighted by atomic mass is 10.1. The van der Waals surface area contributed by atoms with Crippen molar-refractivity contribution in [3.05, 3.63) is 23.4 Å². The monoisotopic (exact) mass is 202 g/mol. The van der Waals surface area contributed by atoms with Crippen LogP contribution in [0.4, 0.5) is 19.0 Å². The van der Waals surface area contributed by atoms with Crippen LogP contribution in [0.1, 0.15) is 11.1 Å². The minimum atomic E-state index is -4.20. The van der Waals surface area contributed by atoms with Gasteiger partial charge in [0.2, 0.25) is 0 Å². The Labute approximate surface area is 79.2 Å². The molecular weight excluding hydrogens is 193 g/mol. The first-order valence-electron chi connectivity index (χ1n) is 4.26. The highest BCUT2D eigenvalue weighted by Gasteiger charge is 2.43. The number of aromatic nitrogens is 1. The zero-order valence-electron chi connectivity index (χ0n) is 7.52. The van der Waals surface area contributed by atoms with Gasteiger partial charge in [0.05, 0.1) is 0 Å². The van der Waals surface area contributed by atoms with E-state index in [0.29, 0.717) is 11.4 Å². The molecule has 5 heteroatoms. The van der Waals surface area contributed by atoms with E-state index in [2.05, 4.69) is 10.3 Å². The zero-order valence-corrected chi connectivity index (χ0v) is 7.52. The lowest BCUT2D eigenvalue weighted by Crippen LogP contribution is -2.34. The highest BCUT2D eigenvalue weighted by Crippen LogP contribution is 2.34. The molecule has 0 spiro atoms. The molecule has 0 aliphatic carbocycles. The fraction of sp³-hybridized carbons (Fsp3) is 0.444. The van der Waals surface area contributed by atoms with Crippen molar-refractivity contribution in [2.45, 2.75) is 25.6 Å². The number of rotatable bonds is 0. The molecule has 1 unspecified atom stereocenters. The second-order valence-corrected chi connectivity index (χ2v) is 3.40. The Morgan fingerprint density at radius 3 is 2.79 bits per heavy atom. The summed E-state index contributed by atoms with van der Waals surface area (Å²) in [5.41, 5.74) is 1.53. The van der Waals surface area contributed by atoms with Crippen molar-refractivity contribution in [2.24, 2.45) is 0 Å². The van der Waals surface area contributed by atoms with Gasteiger partial charge in [0.25, 0.3) is 0 Å². The summed E-state index contributed by atoms with van der Waals surface area (Å²) in [6, 6.07) is 0.241. The third kappa shape index (κ3) is 1.42. The number of anilines is 1. The summed E-state index contributed by atoms with van der Waals surface area (Å²) < 4.78 is 37.1. The molecule has 2 rings (SSSR count). The lowest BCUT2D eigenvalue weighted by Gasteiger charge is -2.14. The van der Waals surface area contributed by atoms with Gasteiger partial charge >= 0.3 is 6.18 Å². The number of nitrogens with one attached hydrogen (secondary N) is 1. The third-order valence-corrected chi connectivity index (χ3v) is 2.40. The molecule has 0 bridgehead atoms. The standard InChI is InChI=1S/C9H9F3N2/c1-5-2-3-13-8-6(5)4-7(14-8)9(10,11)12/h2-3,7H,4H2,1H3,(H,13,14). The molecule has 1 aromatic rings. The van der Waals surface area contributed by atoms with E-state index in [0.717, 1.165) is 5.56 Å². The second kappa shape index (κ2) is 2.87. The largest absolute Gasteiger partial charge is 0.408 e. The van der Waals surface area contributed by atoms with Crippen LogP contribution < -0.4 is 5.32 Å². The van der Waals surface area contributed by atoms with Crippen molar-refractivity contribution in [2.75, 3.05) is 5.32 Å². The van der Waals surface area contributed by atoms with Crippen LogP contribution in [-0.2, 0) is 6.42 Å². The van der Waals surface area contributed by atoms with Gasteiger partial charge in [0, 0.05) is 12.6 Å². The molecule has 0 saturated heterocycles. The van der Waals surface area contributed by atoms with Gasteiger partial charge < -0.3 is 5.32 Å². The minimum absolute atomic E-state index is 0.0154. The molecule has 0 aromatic carbocycles. The smallest absolute Gasteiger partial charge is 0.358 e. The number of aryl methyl sites for hydroxylation is 1. The SMILES string of the molecule is Cc1ccnc2c1CC(C(F)(F)F)N2. The van der Waals surface area contributed by atoms with Gasteiger partial charge in [0.1, 0.15) is 11.9 Å². The number of halogens is 3. The Kier molecular flexibility index (Phi) is 1.90. The van der Waals surface area contributed by atoms with E-state index >= 15 is 0 Å². The maximum Gasteiger partial charge on any atom is 0.408 e. The fourth-order valence-electron chi connectivity index (χ4n) is 1.59. The van der Waals surface area contributed by atoms with Crippen LogP contribution >= 0.6 is 0 Å². The van der Waals surface area contributed by atoms with Gasteiger partial charge in [-0.15, -0.1) is 0 Å². The van der Waals surface area contributed by atoms with E-state index in [9.17, 15) is 13.2 Å². The third-order valence-electron chi connectivity index (χ3n) is 2.40. The molecule has 2 nitrogen and oxygen atoms in total. The average Bonchev–Trinajstić information content (AvgIpc) is 2.48. The molecule has 0 saturated carbocycles. The number of pyridine rings is 1. The maximum absolute atomic E-state index is 12.4. The summed E-state index contributed by atoms with van der Waals surface area (Å²) >= 11 is 0. The first kappa shape index (κ1) is 9.30. The number of hydrogen-bond donors (Lipinski definition) is 1. The molecule has 0 amide bonds. The van der Waals surface area contributed by atoms with Crippen molar-refractivity contribution in [3.8, 4) is 0 Å². The molecule has 1 N–H and O–H groups in total. The Hall–Kier alpha value is -1.26. The van der Waals surface area contributed by atoms with Crippen molar-refractivity contribution >= 4 is 5.82 Å². The van der Waals surface area contributed by atoms with Crippen molar-refractivity contribution in [1.29, 1.82) is 0 Å². The summed E-state index contributed by atoms with van der Waals surface area (Å²) in [5, 5.41) is 2.38. The first-order chi connectivity index (χ1) is 6.48. The average molecular weight is 202 g/mol. The van der Waals surface area contributed by atoms with E-state index < -0.39 is 12.2 Å². The van der Waals surface area contributed by atoms with Crippen molar-refractivity contribution in [3.63, 3.8) is 0 Å². The fourth-order valence-corrected chi connectivity index (χ4v) is 1.59. The van der Waals surface area contributed by atoms with Crippen LogP contribution in [-0.4, -0.2) is 17.2 Å². The zero-order chi connectivity index (χ0) is 10.3. The predicted octanol–water partition coefficient (Wildman–Crippen LogP) is 2.29. The Morgan fingerprint density at radius 1 is 1.50 bits per heavy atom. The molecule has 1 aromatic heterocycles. The molecule has 1 atom stereocenters. The van der Waals surface area contributed by atoms with Crippen LogP contribution in [0.25, 0.3) is 0 Å². The number of nitrogens with zero attached hydrogens (tertiary/aromatic N) is 1. The number of fused-ring (bicyclic) bond motifs is 1. The number of hydrogen-bond acceptors (Lipinski definition) is 2. The van der Waals surface area contributed by atoms with Gasteiger partial charge in [-0.2, -0.15) is 13.2 Å². The Balaban J connectivity index is 2.31. The highest BCUT2D eigenvalue weighted by molar-refractivity contribution is 5.54. The molecule has 0 radical (unpaired) electrons. The maximum atomic E-state index is 12.4. The first-order valence-corrected chi connectivity index (χ1v) is 4.26. The van der Waals surface area contributed by atoms with Gasteiger partial charge in [-0.25, -0.2) is 4.98 Å². The van der Waals surface area contributed by atoms with Crippen molar-refractivity contribution < 1.29 is 13.2 Å². The second-order valence-electron chi connectivity index (χ2n) is 3.40. The summed E-state index contributed by atoms with van der Waals surface area (Å²) in [6.07, 6.45) is -2.70. The van der Waals surface area contributed by atoms with Crippen LogP contribution in [0.2, 0.25) is 0 Å². The summed E-state index contributed by atoms with van der Waals surface area (Å²) in [7, 11) is 0. The van der Waals surface area contributed by atoms with E-state index in [1.54, 1.807) is 13.0 Å². The molecular formula is C9H9F3N2. The molecule has 2 heterocycles. The quantitative estimate of drug-likeness (QED) is 0.698.